The Balaban J connectivity index is 2.16. The van der Waals surface area contributed by atoms with Gasteiger partial charge in [0.25, 0.3) is 0 Å². The van der Waals surface area contributed by atoms with Crippen molar-refractivity contribution < 1.29 is 4.79 Å². The summed E-state index contributed by atoms with van der Waals surface area (Å²) in [5.74, 6) is 0. The Labute approximate surface area is 90.0 Å². The van der Waals surface area contributed by atoms with Gasteiger partial charge in [-0.3, -0.25) is 4.79 Å². The largest absolute Gasteiger partial charge is 0.359 e. The molecule has 1 aromatic carbocycles. The lowest BCUT2D eigenvalue weighted by Gasteiger charge is -2.18. The van der Waals surface area contributed by atoms with E-state index in [9.17, 15) is 4.79 Å². The molecule has 0 atom stereocenters. The van der Waals surface area contributed by atoms with Crippen LogP contribution >= 0.6 is 0 Å². The number of nitrogens with one attached hydrogen (secondary N) is 1. The van der Waals surface area contributed by atoms with Crippen LogP contribution in [0.1, 0.15) is 25.7 Å². The second-order valence-electron chi connectivity index (χ2n) is 3.82. The van der Waals surface area contributed by atoms with Gasteiger partial charge < -0.3 is 5.32 Å². The van der Waals surface area contributed by atoms with Crippen LogP contribution in [0, 0.1) is 0 Å². The number of hydrogen-bond acceptors (Lipinski definition) is 2. The molecule has 1 aliphatic carbocycles. The Morgan fingerprint density at radius 3 is 2.53 bits per heavy atom. The lowest BCUT2D eigenvalue weighted by atomic mass is 9.97. The third-order valence-electron chi connectivity index (χ3n) is 2.72. The molecule has 0 unspecified atom stereocenters. The van der Waals surface area contributed by atoms with Crippen molar-refractivity contribution in [3.63, 3.8) is 0 Å². The first-order valence-electron chi connectivity index (χ1n) is 5.39. The van der Waals surface area contributed by atoms with Crippen molar-refractivity contribution in [2.24, 2.45) is 0 Å². The lowest BCUT2D eigenvalue weighted by Crippen LogP contribution is -2.09. The molecule has 1 N–H and O–H groups in total. The monoisotopic (exact) mass is 201 g/mol. The highest BCUT2D eigenvalue weighted by Crippen LogP contribution is 2.24. The zero-order chi connectivity index (χ0) is 10.5. The minimum atomic E-state index is 0.915. The van der Waals surface area contributed by atoms with Gasteiger partial charge in [-0.25, -0.2) is 0 Å². The lowest BCUT2D eigenvalue weighted by molar-refractivity contribution is -0.105. The van der Waals surface area contributed by atoms with E-state index in [1.165, 1.54) is 6.42 Å². The van der Waals surface area contributed by atoms with E-state index < -0.39 is 0 Å². The molecule has 0 spiro atoms. The molecule has 1 aliphatic rings. The molecule has 0 aliphatic heterocycles. The molecule has 78 valence electrons. The smallest absolute Gasteiger partial charge is 0.147 e. The number of hydrogen-bond donors (Lipinski definition) is 1. The standard InChI is InChI=1S/C13H15NO/c15-10-11-6-4-5-9-13(11)14-12-7-2-1-3-8-12/h1-3,7-8,10,14H,4-6,9H2. The molecule has 0 saturated heterocycles. The van der Waals surface area contributed by atoms with Gasteiger partial charge in [0.15, 0.2) is 0 Å². The van der Waals surface area contributed by atoms with Gasteiger partial charge in [-0.05, 0) is 37.8 Å². The molecule has 0 radical (unpaired) electrons. The van der Waals surface area contributed by atoms with E-state index in [0.717, 1.165) is 42.5 Å². The zero-order valence-electron chi connectivity index (χ0n) is 8.70. The van der Waals surface area contributed by atoms with E-state index in [1.807, 2.05) is 30.3 Å². The molecule has 0 saturated carbocycles. The number of allylic oxidation sites excluding steroid dienone is 2. The van der Waals surface area contributed by atoms with E-state index in [1.54, 1.807) is 0 Å². The summed E-state index contributed by atoms with van der Waals surface area (Å²) in [5.41, 5.74) is 3.10. The van der Waals surface area contributed by atoms with Gasteiger partial charge in [0, 0.05) is 17.0 Å². The molecular formula is C13H15NO. The summed E-state index contributed by atoms with van der Waals surface area (Å²) >= 11 is 0. The minimum absolute atomic E-state index is 0.915. The topological polar surface area (TPSA) is 29.1 Å². The Hall–Kier alpha value is -1.57. The maximum absolute atomic E-state index is 10.9. The highest BCUT2D eigenvalue weighted by molar-refractivity contribution is 5.76. The molecule has 2 heteroatoms. The molecule has 0 fully saturated rings. The van der Waals surface area contributed by atoms with Crippen LogP contribution in [0.4, 0.5) is 5.69 Å². The summed E-state index contributed by atoms with van der Waals surface area (Å²) in [6.45, 7) is 0. The first-order chi connectivity index (χ1) is 7.40. The molecule has 0 amide bonds. The molecule has 15 heavy (non-hydrogen) atoms. The molecule has 1 aromatic rings. The number of benzene rings is 1. The maximum atomic E-state index is 10.9. The number of carbonyl (C=O) groups is 1. The van der Waals surface area contributed by atoms with Crippen LogP contribution in [-0.4, -0.2) is 6.29 Å². The van der Waals surface area contributed by atoms with E-state index >= 15 is 0 Å². The molecule has 2 nitrogen and oxygen atoms in total. The van der Waals surface area contributed by atoms with Crippen LogP contribution in [-0.2, 0) is 4.79 Å². The first kappa shape index (κ1) is 9.97. The summed E-state index contributed by atoms with van der Waals surface area (Å²) < 4.78 is 0. The molecule has 0 bridgehead atoms. The fourth-order valence-electron chi connectivity index (χ4n) is 1.90. The predicted molar refractivity (Wildman–Crippen MR) is 61.6 cm³/mol. The zero-order valence-corrected chi connectivity index (χ0v) is 8.70. The highest BCUT2D eigenvalue weighted by atomic mass is 16.1. The average molecular weight is 201 g/mol. The normalized spacial score (nSPS) is 16.3. The summed E-state index contributed by atoms with van der Waals surface area (Å²) in [6, 6.07) is 10.0. The number of anilines is 1. The first-order valence-corrected chi connectivity index (χ1v) is 5.39. The Morgan fingerprint density at radius 1 is 1.07 bits per heavy atom. The molecule has 0 heterocycles. The third-order valence-corrected chi connectivity index (χ3v) is 2.72. The average Bonchev–Trinajstić information content (AvgIpc) is 2.31. The van der Waals surface area contributed by atoms with Crippen molar-refractivity contribution in [3.8, 4) is 0 Å². The van der Waals surface area contributed by atoms with E-state index in [2.05, 4.69) is 5.32 Å². The highest BCUT2D eigenvalue weighted by Gasteiger charge is 2.11. The molecule has 2 rings (SSSR count). The van der Waals surface area contributed by atoms with E-state index in [0.29, 0.717) is 0 Å². The summed E-state index contributed by atoms with van der Waals surface area (Å²) in [7, 11) is 0. The van der Waals surface area contributed by atoms with Gasteiger partial charge in [-0.2, -0.15) is 0 Å². The minimum Gasteiger partial charge on any atom is -0.359 e. The number of aldehydes is 1. The Kier molecular flexibility index (Phi) is 3.18. The Morgan fingerprint density at radius 2 is 1.80 bits per heavy atom. The van der Waals surface area contributed by atoms with Crippen molar-refractivity contribution in [2.45, 2.75) is 25.7 Å². The number of carbonyl (C=O) groups excluding carboxylic acids is 1. The van der Waals surface area contributed by atoms with E-state index in [-0.39, 0.29) is 0 Å². The van der Waals surface area contributed by atoms with Gasteiger partial charge in [-0.1, -0.05) is 18.2 Å². The van der Waals surface area contributed by atoms with Crippen molar-refractivity contribution in [2.75, 3.05) is 5.32 Å². The molecule has 0 aromatic heterocycles. The second-order valence-corrected chi connectivity index (χ2v) is 3.82. The van der Waals surface area contributed by atoms with Gasteiger partial charge in [0.2, 0.25) is 0 Å². The van der Waals surface area contributed by atoms with Crippen LogP contribution in [0.25, 0.3) is 0 Å². The third kappa shape index (κ3) is 2.46. The predicted octanol–water partition coefficient (Wildman–Crippen LogP) is 3.13. The molecular weight excluding hydrogens is 186 g/mol. The van der Waals surface area contributed by atoms with Crippen molar-refractivity contribution in [1.82, 2.24) is 0 Å². The second kappa shape index (κ2) is 4.78. The van der Waals surface area contributed by atoms with Crippen molar-refractivity contribution in [3.05, 3.63) is 41.6 Å². The summed E-state index contributed by atoms with van der Waals surface area (Å²) in [5, 5.41) is 3.33. The van der Waals surface area contributed by atoms with Crippen LogP contribution in [0.5, 0.6) is 0 Å². The van der Waals surface area contributed by atoms with Crippen LogP contribution in [0.3, 0.4) is 0 Å². The summed E-state index contributed by atoms with van der Waals surface area (Å²) in [6.07, 6.45) is 5.20. The van der Waals surface area contributed by atoms with E-state index in [4.69, 9.17) is 0 Å². The van der Waals surface area contributed by atoms with Crippen molar-refractivity contribution in [1.29, 1.82) is 0 Å². The maximum Gasteiger partial charge on any atom is 0.147 e. The van der Waals surface area contributed by atoms with Gasteiger partial charge in [0.05, 0.1) is 0 Å². The quantitative estimate of drug-likeness (QED) is 0.761. The fourth-order valence-corrected chi connectivity index (χ4v) is 1.90. The van der Waals surface area contributed by atoms with Crippen LogP contribution in [0.2, 0.25) is 0 Å². The fraction of sp³-hybridized carbons (Fsp3) is 0.308. The van der Waals surface area contributed by atoms with Crippen molar-refractivity contribution >= 4 is 12.0 Å². The van der Waals surface area contributed by atoms with Crippen LogP contribution in [0.15, 0.2) is 41.6 Å². The SMILES string of the molecule is O=CC1=C(Nc2ccccc2)CCCC1. The van der Waals surface area contributed by atoms with Gasteiger partial charge in [-0.15, -0.1) is 0 Å². The summed E-state index contributed by atoms with van der Waals surface area (Å²) in [4.78, 5) is 10.9. The van der Waals surface area contributed by atoms with Gasteiger partial charge >= 0.3 is 0 Å². The number of para-hydroxylation sites is 1. The van der Waals surface area contributed by atoms with Gasteiger partial charge in [0.1, 0.15) is 6.29 Å². The van der Waals surface area contributed by atoms with Crippen LogP contribution < -0.4 is 5.32 Å². The number of rotatable bonds is 3. The Bertz CT molecular complexity index is 367.